The maximum absolute atomic E-state index is 13.4. The van der Waals surface area contributed by atoms with Crippen LogP contribution >= 0.6 is 0 Å². The fourth-order valence-electron chi connectivity index (χ4n) is 2.24. The molecule has 10 heteroatoms. The van der Waals surface area contributed by atoms with E-state index in [1.807, 2.05) is 0 Å². The molecule has 1 amide bonds. The van der Waals surface area contributed by atoms with Crippen LogP contribution in [0.15, 0.2) is 12.1 Å². The van der Waals surface area contributed by atoms with Gasteiger partial charge < -0.3 is 22.4 Å². The van der Waals surface area contributed by atoms with Gasteiger partial charge in [-0.3, -0.25) is 9.69 Å². The first kappa shape index (κ1) is 25.5. The Morgan fingerprint density at radius 3 is 2.15 bits per heavy atom. The van der Waals surface area contributed by atoms with Gasteiger partial charge in [0.2, 0.25) is 0 Å². The molecule has 5 nitrogen and oxygen atoms in total. The number of halogens is 3. The smallest absolute Gasteiger partial charge is 0.469 e. The molecular formula is C16H22BF3KNO4. The first-order chi connectivity index (χ1) is 11.3. The summed E-state index contributed by atoms with van der Waals surface area (Å²) in [6, 6.07) is 2.28. The maximum Gasteiger partial charge on any atom is 1.00 e. The standard InChI is InChI=1S/C16H22BF3NO4.K/c1-10-12(17(18,19)20)7-11(9-14(22)24-6)8-13(10)21(5)15(23)25-16(2,3)4;/h7-8H,9H2,1-6H3;/q-1;+1. The summed E-state index contributed by atoms with van der Waals surface area (Å²) < 4.78 is 49.8. The zero-order valence-electron chi connectivity index (χ0n) is 16.2. The van der Waals surface area contributed by atoms with Gasteiger partial charge in [-0.15, -0.1) is 5.46 Å². The van der Waals surface area contributed by atoms with Crippen molar-refractivity contribution >= 4 is 30.2 Å². The Morgan fingerprint density at radius 1 is 1.19 bits per heavy atom. The molecule has 0 saturated heterocycles. The number of carbonyl (C=O) groups is 2. The van der Waals surface area contributed by atoms with E-state index in [-0.39, 0.29) is 74.6 Å². The van der Waals surface area contributed by atoms with Gasteiger partial charge in [-0.05, 0) is 39.3 Å². The Labute approximate surface area is 194 Å². The molecule has 0 aliphatic carbocycles. The number of ether oxygens (including phenoxy) is 2. The van der Waals surface area contributed by atoms with Crippen molar-refractivity contribution < 1.29 is 83.4 Å². The first-order valence-electron chi connectivity index (χ1n) is 7.63. The molecule has 0 heterocycles. The summed E-state index contributed by atoms with van der Waals surface area (Å²) in [4.78, 5) is 24.6. The Morgan fingerprint density at radius 2 is 1.73 bits per heavy atom. The van der Waals surface area contributed by atoms with Gasteiger partial charge in [-0.2, -0.15) is 0 Å². The van der Waals surface area contributed by atoms with Crippen molar-refractivity contribution in [1.82, 2.24) is 0 Å². The van der Waals surface area contributed by atoms with Crippen LogP contribution < -0.4 is 61.7 Å². The van der Waals surface area contributed by atoms with E-state index in [9.17, 15) is 22.5 Å². The molecule has 140 valence electrons. The van der Waals surface area contributed by atoms with E-state index in [4.69, 9.17) is 4.74 Å². The quantitative estimate of drug-likeness (QED) is 0.534. The molecule has 1 aromatic carbocycles. The van der Waals surface area contributed by atoms with Crippen LogP contribution in [0.25, 0.3) is 0 Å². The van der Waals surface area contributed by atoms with Gasteiger partial charge >= 0.3 is 70.4 Å². The van der Waals surface area contributed by atoms with Gasteiger partial charge in [0.25, 0.3) is 0 Å². The Kier molecular flexibility index (Phi) is 9.39. The number of anilines is 1. The molecule has 0 aliphatic rings. The normalized spacial score (nSPS) is 11.4. The van der Waals surface area contributed by atoms with Crippen molar-refractivity contribution in [2.75, 3.05) is 19.1 Å². The van der Waals surface area contributed by atoms with Crippen molar-refractivity contribution in [2.24, 2.45) is 0 Å². The molecule has 0 atom stereocenters. The molecule has 0 unspecified atom stereocenters. The van der Waals surface area contributed by atoms with Gasteiger partial charge in [-0.1, -0.05) is 11.6 Å². The second-order valence-electron chi connectivity index (χ2n) is 6.70. The number of hydrogen-bond acceptors (Lipinski definition) is 4. The van der Waals surface area contributed by atoms with Crippen LogP contribution in [0, 0.1) is 6.92 Å². The summed E-state index contributed by atoms with van der Waals surface area (Å²) in [5, 5.41) is 0. The van der Waals surface area contributed by atoms with Crippen molar-refractivity contribution in [3.05, 3.63) is 23.3 Å². The predicted molar refractivity (Wildman–Crippen MR) is 90.2 cm³/mol. The molecule has 1 aromatic rings. The van der Waals surface area contributed by atoms with Crippen LogP contribution in [0.5, 0.6) is 0 Å². The monoisotopic (exact) mass is 399 g/mol. The van der Waals surface area contributed by atoms with Crippen LogP contribution in [-0.4, -0.2) is 38.8 Å². The zero-order valence-corrected chi connectivity index (χ0v) is 19.3. The Balaban J connectivity index is 0.00000625. The number of carbonyl (C=O) groups excluding carboxylic acids is 2. The second kappa shape index (κ2) is 9.59. The van der Waals surface area contributed by atoms with Crippen LogP contribution in [-0.2, 0) is 20.7 Å². The number of esters is 1. The summed E-state index contributed by atoms with van der Waals surface area (Å²) >= 11 is 0. The summed E-state index contributed by atoms with van der Waals surface area (Å²) in [6.45, 7) is 0.933. The molecule has 26 heavy (non-hydrogen) atoms. The van der Waals surface area contributed by atoms with Gasteiger partial charge in [0.05, 0.1) is 13.5 Å². The predicted octanol–water partition coefficient (Wildman–Crippen LogP) is 0.140. The number of hydrogen-bond donors (Lipinski definition) is 0. The van der Waals surface area contributed by atoms with Crippen LogP contribution in [0.3, 0.4) is 0 Å². The molecule has 0 radical (unpaired) electrons. The summed E-state index contributed by atoms with van der Waals surface area (Å²) in [5.74, 6) is -0.671. The molecule has 0 fully saturated rings. The molecule has 0 aliphatic heterocycles. The third kappa shape index (κ3) is 7.22. The van der Waals surface area contributed by atoms with Crippen molar-refractivity contribution in [2.45, 2.75) is 39.7 Å². The van der Waals surface area contributed by atoms with E-state index in [1.54, 1.807) is 20.8 Å². The maximum atomic E-state index is 13.4. The fourth-order valence-corrected chi connectivity index (χ4v) is 2.24. The average molecular weight is 399 g/mol. The number of rotatable bonds is 4. The van der Waals surface area contributed by atoms with Gasteiger partial charge in [0.15, 0.2) is 0 Å². The minimum atomic E-state index is -5.32. The van der Waals surface area contributed by atoms with Crippen molar-refractivity contribution in [1.29, 1.82) is 0 Å². The molecule has 0 aromatic heterocycles. The van der Waals surface area contributed by atoms with Gasteiger partial charge in [0.1, 0.15) is 5.60 Å². The molecule has 0 bridgehead atoms. The zero-order chi connectivity index (χ0) is 19.6. The van der Waals surface area contributed by atoms with E-state index < -0.39 is 30.1 Å². The minimum Gasteiger partial charge on any atom is -0.469 e. The average Bonchev–Trinajstić information content (AvgIpc) is 2.44. The Bertz CT molecular complexity index is 675. The van der Waals surface area contributed by atoms with E-state index >= 15 is 0 Å². The van der Waals surface area contributed by atoms with Crippen molar-refractivity contribution in [3.63, 3.8) is 0 Å². The minimum absolute atomic E-state index is 0. The Hall–Kier alpha value is -0.549. The third-order valence-electron chi connectivity index (χ3n) is 3.44. The topological polar surface area (TPSA) is 55.8 Å². The van der Waals surface area contributed by atoms with Crippen molar-refractivity contribution in [3.8, 4) is 0 Å². The van der Waals surface area contributed by atoms with Crippen LogP contribution in [0.2, 0.25) is 0 Å². The molecule has 0 spiro atoms. The van der Waals surface area contributed by atoms with Gasteiger partial charge in [0, 0.05) is 12.7 Å². The molecule has 1 rings (SSSR count). The number of nitrogens with zero attached hydrogens (tertiary/aromatic N) is 1. The second-order valence-corrected chi connectivity index (χ2v) is 6.70. The third-order valence-corrected chi connectivity index (χ3v) is 3.44. The summed E-state index contributed by atoms with van der Waals surface area (Å²) in [5.41, 5.74) is -1.61. The number of methoxy groups -OCH3 is 1. The van der Waals surface area contributed by atoms with Crippen LogP contribution in [0.4, 0.5) is 23.4 Å². The van der Waals surface area contributed by atoms with Crippen LogP contribution in [0.1, 0.15) is 31.9 Å². The van der Waals surface area contributed by atoms with E-state index in [0.29, 0.717) is 0 Å². The fraction of sp³-hybridized carbons (Fsp3) is 0.500. The van der Waals surface area contributed by atoms with Gasteiger partial charge in [-0.25, -0.2) is 4.79 Å². The first-order valence-corrected chi connectivity index (χ1v) is 7.63. The van der Waals surface area contributed by atoms with E-state index in [0.717, 1.165) is 18.1 Å². The largest absolute Gasteiger partial charge is 1.00 e. The summed E-state index contributed by atoms with van der Waals surface area (Å²) in [6.07, 6.45) is -1.11. The SMILES string of the molecule is COC(=O)Cc1cc(N(C)C(=O)OC(C)(C)C)c(C)c([B-](F)(F)F)c1.[K+]. The molecule has 0 N–H and O–H groups in total. The molecular weight excluding hydrogens is 377 g/mol. The van der Waals surface area contributed by atoms with E-state index in [2.05, 4.69) is 4.74 Å². The summed E-state index contributed by atoms with van der Waals surface area (Å²) in [7, 11) is 2.48. The number of benzene rings is 1. The van der Waals surface area contributed by atoms with E-state index in [1.165, 1.54) is 20.0 Å². The number of amides is 1. The molecule has 0 saturated carbocycles.